The lowest BCUT2D eigenvalue weighted by Crippen LogP contribution is -2.52. The fourth-order valence-corrected chi connectivity index (χ4v) is 3.28. The average molecular weight is 351 g/mol. The highest BCUT2D eigenvalue weighted by molar-refractivity contribution is 8.00. The molecule has 1 aromatic carbocycles. The summed E-state index contributed by atoms with van der Waals surface area (Å²) in [6.07, 6.45) is 0.762. The molecule has 2 rings (SSSR count). The third-order valence-corrected chi connectivity index (χ3v) is 4.47. The summed E-state index contributed by atoms with van der Waals surface area (Å²) >= 11 is 1.39. The lowest BCUT2D eigenvalue weighted by atomic mass is 10.2. The second-order valence-electron chi connectivity index (χ2n) is 5.40. The van der Waals surface area contributed by atoms with Gasteiger partial charge in [0.2, 0.25) is 5.91 Å². The first-order chi connectivity index (χ1) is 11.5. The Balaban J connectivity index is 1.79. The SMILES string of the molecule is CCOC(=O)c1ccc(NC(=O)CSC2CC(C)NC(=O)N2)cc1. The van der Waals surface area contributed by atoms with Gasteiger partial charge in [0, 0.05) is 11.7 Å². The Morgan fingerprint density at radius 3 is 2.62 bits per heavy atom. The van der Waals surface area contributed by atoms with Gasteiger partial charge in [-0.15, -0.1) is 11.8 Å². The molecular formula is C16H21N3O4S. The van der Waals surface area contributed by atoms with Crippen molar-refractivity contribution in [2.45, 2.75) is 31.7 Å². The molecule has 0 spiro atoms. The summed E-state index contributed by atoms with van der Waals surface area (Å²) in [5.74, 6) is -0.317. The van der Waals surface area contributed by atoms with Crippen molar-refractivity contribution in [2.75, 3.05) is 17.7 Å². The lowest BCUT2D eigenvalue weighted by molar-refractivity contribution is -0.113. The molecule has 24 heavy (non-hydrogen) atoms. The van der Waals surface area contributed by atoms with Gasteiger partial charge in [0.05, 0.1) is 23.3 Å². The summed E-state index contributed by atoms with van der Waals surface area (Å²) in [5.41, 5.74) is 1.05. The predicted octanol–water partition coefficient (Wildman–Crippen LogP) is 1.95. The van der Waals surface area contributed by atoms with Crippen molar-refractivity contribution in [2.24, 2.45) is 0 Å². The molecule has 1 aliphatic rings. The minimum atomic E-state index is -0.387. The van der Waals surface area contributed by atoms with Crippen molar-refractivity contribution < 1.29 is 19.1 Å². The van der Waals surface area contributed by atoms with Crippen LogP contribution in [-0.2, 0) is 9.53 Å². The molecule has 2 unspecified atom stereocenters. The zero-order chi connectivity index (χ0) is 17.5. The van der Waals surface area contributed by atoms with E-state index in [4.69, 9.17) is 4.74 Å². The molecule has 1 fully saturated rings. The molecule has 3 N–H and O–H groups in total. The molecule has 0 radical (unpaired) electrons. The van der Waals surface area contributed by atoms with Crippen LogP contribution in [0.2, 0.25) is 0 Å². The van der Waals surface area contributed by atoms with E-state index in [1.54, 1.807) is 31.2 Å². The van der Waals surface area contributed by atoms with Gasteiger partial charge >= 0.3 is 12.0 Å². The molecule has 3 amide bonds. The number of benzene rings is 1. The van der Waals surface area contributed by atoms with E-state index in [1.807, 2.05) is 6.92 Å². The van der Waals surface area contributed by atoms with Gasteiger partial charge in [-0.25, -0.2) is 9.59 Å². The van der Waals surface area contributed by atoms with Crippen LogP contribution in [0.4, 0.5) is 10.5 Å². The van der Waals surface area contributed by atoms with E-state index in [0.717, 1.165) is 6.42 Å². The number of hydrogen-bond donors (Lipinski definition) is 3. The number of carbonyl (C=O) groups is 3. The number of rotatable bonds is 6. The predicted molar refractivity (Wildman–Crippen MR) is 93.0 cm³/mol. The van der Waals surface area contributed by atoms with Crippen LogP contribution in [0.1, 0.15) is 30.6 Å². The van der Waals surface area contributed by atoms with Crippen LogP contribution in [0.15, 0.2) is 24.3 Å². The number of nitrogens with one attached hydrogen (secondary N) is 3. The highest BCUT2D eigenvalue weighted by Crippen LogP contribution is 2.18. The number of thioether (sulfide) groups is 1. The smallest absolute Gasteiger partial charge is 0.338 e. The molecule has 0 bridgehead atoms. The molecular weight excluding hydrogens is 330 g/mol. The van der Waals surface area contributed by atoms with Crippen LogP contribution >= 0.6 is 11.8 Å². The normalized spacial score (nSPS) is 19.8. The molecule has 0 aliphatic carbocycles. The summed E-state index contributed by atoms with van der Waals surface area (Å²) in [4.78, 5) is 34.9. The van der Waals surface area contributed by atoms with Crippen LogP contribution in [0.3, 0.4) is 0 Å². The largest absolute Gasteiger partial charge is 0.462 e. The molecule has 1 aliphatic heterocycles. The molecule has 130 valence electrons. The summed E-state index contributed by atoms with van der Waals surface area (Å²) in [6.45, 7) is 3.99. The molecule has 1 saturated heterocycles. The zero-order valence-electron chi connectivity index (χ0n) is 13.6. The number of ether oxygens (including phenoxy) is 1. The summed E-state index contributed by atoms with van der Waals surface area (Å²) in [7, 11) is 0. The highest BCUT2D eigenvalue weighted by atomic mass is 32.2. The Morgan fingerprint density at radius 1 is 1.29 bits per heavy atom. The quantitative estimate of drug-likeness (QED) is 0.681. The van der Waals surface area contributed by atoms with Gasteiger partial charge in [-0.3, -0.25) is 4.79 Å². The maximum absolute atomic E-state index is 12.0. The van der Waals surface area contributed by atoms with E-state index in [9.17, 15) is 14.4 Å². The van der Waals surface area contributed by atoms with Gasteiger partial charge in [0.1, 0.15) is 0 Å². The second kappa shape index (κ2) is 8.58. The van der Waals surface area contributed by atoms with Crippen LogP contribution in [0.5, 0.6) is 0 Å². The molecule has 0 saturated carbocycles. The maximum Gasteiger partial charge on any atom is 0.338 e. The number of amides is 3. The molecule has 7 nitrogen and oxygen atoms in total. The second-order valence-corrected chi connectivity index (χ2v) is 6.59. The average Bonchev–Trinajstić information content (AvgIpc) is 2.53. The zero-order valence-corrected chi connectivity index (χ0v) is 14.4. The first-order valence-corrected chi connectivity index (χ1v) is 8.78. The van der Waals surface area contributed by atoms with E-state index >= 15 is 0 Å². The fraction of sp³-hybridized carbons (Fsp3) is 0.438. The van der Waals surface area contributed by atoms with Crippen LogP contribution in [0, 0.1) is 0 Å². The standard InChI is InChI=1S/C16H21N3O4S/c1-3-23-15(21)11-4-6-12(7-5-11)18-13(20)9-24-14-8-10(2)17-16(22)19-14/h4-7,10,14H,3,8-9H2,1-2H3,(H,18,20)(H2,17,19,22). The van der Waals surface area contributed by atoms with E-state index < -0.39 is 0 Å². The fourth-order valence-electron chi connectivity index (χ4n) is 2.24. The number of urea groups is 1. The van der Waals surface area contributed by atoms with Crippen molar-refractivity contribution in [3.8, 4) is 0 Å². The maximum atomic E-state index is 12.0. The molecule has 2 atom stereocenters. The Bertz CT molecular complexity index is 606. The third kappa shape index (κ3) is 5.45. The van der Waals surface area contributed by atoms with Crippen molar-refractivity contribution in [3.63, 3.8) is 0 Å². The summed E-state index contributed by atoms with van der Waals surface area (Å²) in [5, 5.41) is 8.22. The summed E-state index contributed by atoms with van der Waals surface area (Å²) < 4.78 is 4.90. The third-order valence-electron chi connectivity index (χ3n) is 3.33. The van der Waals surface area contributed by atoms with Crippen molar-refractivity contribution >= 4 is 35.4 Å². The Morgan fingerprint density at radius 2 is 2.00 bits per heavy atom. The topological polar surface area (TPSA) is 96.5 Å². The Kier molecular flexibility index (Phi) is 6.48. The van der Waals surface area contributed by atoms with Crippen molar-refractivity contribution in [3.05, 3.63) is 29.8 Å². The monoisotopic (exact) mass is 351 g/mol. The van der Waals surface area contributed by atoms with E-state index in [-0.39, 0.29) is 35.1 Å². The number of esters is 1. The first-order valence-electron chi connectivity index (χ1n) is 7.73. The number of hydrogen-bond acceptors (Lipinski definition) is 5. The Labute approximate surface area is 144 Å². The van der Waals surface area contributed by atoms with Gasteiger partial charge in [-0.05, 0) is 44.5 Å². The van der Waals surface area contributed by atoms with Gasteiger partial charge in [-0.2, -0.15) is 0 Å². The van der Waals surface area contributed by atoms with Gasteiger partial charge in [0.15, 0.2) is 0 Å². The van der Waals surface area contributed by atoms with Gasteiger partial charge < -0.3 is 20.7 Å². The van der Waals surface area contributed by atoms with Crippen LogP contribution in [-0.4, -0.2) is 41.7 Å². The van der Waals surface area contributed by atoms with Crippen LogP contribution < -0.4 is 16.0 Å². The number of carbonyl (C=O) groups excluding carboxylic acids is 3. The minimum absolute atomic E-state index is 0.0781. The van der Waals surface area contributed by atoms with Gasteiger partial charge in [-0.1, -0.05) is 0 Å². The molecule has 1 aromatic rings. The van der Waals surface area contributed by atoms with E-state index in [0.29, 0.717) is 17.9 Å². The highest BCUT2D eigenvalue weighted by Gasteiger charge is 2.23. The lowest BCUT2D eigenvalue weighted by Gasteiger charge is -2.28. The molecule has 0 aromatic heterocycles. The van der Waals surface area contributed by atoms with Gasteiger partial charge in [0.25, 0.3) is 0 Å². The summed E-state index contributed by atoms with van der Waals surface area (Å²) in [6, 6.07) is 6.41. The molecule has 8 heteroatoms. The Hall–Kier alpha value is -2.22. The minimum Gasteiger partial charge on any atom is -0.462 e. The number of anilines is 1. The molecule has 1 heterocycles. The van der Waals surface area contributed by atoms with Crippen LogP contribution in [0.25, 0.3) is 0 Å². The van der Waals surface area contributed by atoms with E-state index in [1.165, 1.54) is 11.8 Å². The van der Waals surface area contributed by atoms with Crippen molar-refractivity contribution in [1.29, 1.82) is 0 Å². The van der Waals surface area contributed by atoms with Crippen molar-refractivity contribution in [1.82, 2.24) is 10.6 Å². The first kappa shape index (κ1) is 18.1. The van der Waals surface area contributed by atoms with E-state index in [2.05, 4.69) is 16.0 Å².